The molecule has 2 amide bonds. The van der Waals surface area contributed by atoms with Gasteiger partial charge in [-0.25, -0.2) is 0 Å². The molecule has 0 aromatic heterocycles. The third kappa shape index (κ3) is 4.55. The number of hydrogen-bond acceptors (Lipinski definition) is 3. The van der Waals surface area contributed by atoms with Crippen LogP contribution in [0.15, 0.2) is 16.6 Å². The number of amides is 2. The van der Waals surface area contributed by atoms with Crippen LogP contribution in [0.25, 0.3) is 0 Å². The SMILES string of the molecule is CCNC(=O)CCNC(=O)c1cc(Br)cc(N)c1C. The average molecular weight is 328 g/mol. The molecule has 0 fully saturated rings. The number of halogens is 1. The van der Waals surface area contributed by atoms with Gasteiger partial charge in [0, 0.05) is 35.2 Å². The van der Waals surface area contributed by atoms with Crippen molar-refractivity contribution >= 4 is 33.4 Å². The first-order valence-corrected chi connectivity index (χ1v) is 6.85. The zero-order valence-electron chi connectivity index (χ0n) is 11.0. The summed E-state index contributed by atoms with van der Waals surface area (Å²) in [5.41, 5.74) is 7.61. The van der Waals surface area contributed by atoms with Crippen molar-refractivity contribution in [3.05, 3.63) is 27.7 Å². The predicted octanol–water partition coefficient (Wildman–Crippen LogP) is 1.60. The number of carbonyl (C=O) groups is 2. The molecule has 104 valence electrons. The van der Waals surface area contributed by atoms with Crippen molar-refractivity contribution in [2.45, 2.75) is 20.3 Å². The van der Waals surface area contributed by atoms with Gasteiger partial charge in [0.2, 0.25) is 5.91 Å². The van der Waals surface area contributed by atoms with E-state index in [1.165, 1.54) is 0 Å². The molecule has 0 radical (unpaired) electrons. The topological polar surface area (TPSA) is 84.2 Å². The quantitative estimate of drug-likeness (QED) is 0.718. The minimum absolute atomic E-state index is 0.0757. The molecule has 6 heteroatoms. The van der Waals surface area contributed by atoms with Gasteiger partial charge in [-0.1, -0.05) is 15.9 Å². The van der Waals surface area contributed by atoms with Gasteiger partial charge in [-0.15, -0.1) is 0 Å². The van der Waals surface area contributed by atoms with Gasteiger partial charge in [-0.05, 0) is 31.5 Å². The lowest BCUT2D eigenvalue weighted by Gasteiger charge is -2.10. The van der Waals surface area contributed by atoms with E-state index in [2.05, 4.69) is 26.6 Å². The molecule has 5 nitrogen and oxygen atoms in total. The van der Waals surface area contributed by atoms with Crippen LogP contribution < -0.4 is 16.4 Å². The maximum atomic E-state index is 12.0. The molecule has 1 aromatic rings. The van der Waals surface area contributed by atoms with E-state index in [9.17, 15) is 9.59 Å². The van der Waals surface area contributed by atoms with Crippen LogP contribution in [-0.2, 0) is 4.79 Å². The first-order chi connectivity index (χ1) is 8.95. The van der Waals surface area contributed by atoms with Gasteiger partial charge in [0.25, 0.3) is 5.91 Å². The Kier molecular flexibility index (Phi) is 5.82. The Balaban J connectivity index is 2.62. The lowest BCUT2D eigenvalue weighted by molar-refractivity contribution is -0.120. The van der Waals surface area contributed by atoms with Crippen molar-refractivity contribution in [3.8, 4) is 0 Å². The van der Waals surface area contributed by atoms with Crippen LogP contribution in [0, 0.1) is 6.92 Å². The highest BCUT2D eigenvalue weighted by atomic mass is 79.9. The fourth-order valence-corrected chi connectivity index (χ4v) is 2.08. The van der Waals surface area contributed by atoms with Crippen molar-refractivity contribution in [2.24, 2.45) is 0 Å². The van der Waals surface area contributed by atoms with E-state index in [4.69, 9.17) is 5.73 Å². The van der Waals surface area contributed by atoms with E-state index >= 15 is 0 Å². The second kappa shape index (κ2) is 7.13. The summed E-state index contributed by atoms with van der Waals surface area (Å²) in [5.74, 6) is -0.303. The fourth-order valence-electron chi connectivity index (χ4n) is 1.61. The molecule has 0 aliphatic heterocycles. The molecule has 1 rings (SSSR count). The second-order valence-corrected chi connectivity index (χ2v) is 5.04. The summed E-state index contributed by atoms with van der Waals surface area (Å²) in [6.07, 6.45) is 0.266. The number of anilines is 1. The van der Waals surface area contributed by atoms with Gasteiger partial charge < -0.3 is 16.4 Å². The normalized spacial score (nSPS) is 10.1. The number of nitrogen functional groups attached to an aromatic ring is 1. The van der Waals surface area contributed by atoms with E-state index < -0.39 is 0 Å². The van der Waals surface area contributed by atoms with Crippen molar-refractivity contribution in [1.29, 1.82) is 0 Å². The smallest absolute Gasteiger partial charge is 0.251 e. The van der Waals surface area contributed by atoms with E-state index in [0.29, 0.717) is 24.3 Å². The monoisotopic (exact) mass is 327 g/mol. The maximum Gasteiger partial charge on any atom is 0.251 e. The summed E-state index contributed by atoms with van der Waals surface area (Å²) in [6.45, 7) is 4.54. The summed E-state index contributed by atoms with van der Waals surface area (Å²) >= 11 is 3.30. The van der Waals surface area contributed by atoms with Crippen LogP contribution in [0.5, 0.6) is 0 Å². The van der Waals surface area contributed by atoms with Gasteiger partial charge in [0.1, 0.15) is 0 Å². The Morgan fingerprint density at radius 2 is 2.00 bits per heavy atom. The Labute approximate surface area is 121 Å². The molecule has 0 saturated carbocycles. The number of hydrogen-bond donors (Lipinski definition) is 3. The van der Waals surface area contributed by atoms with Crippen LogP contribution in [0.2, 0.25) is 0 Å². The van der Waals surface area contributed by atoms with Crippen LogP contribution >= 0.6 is 15.9 Å². The largest absolute Gasteiger partial charge is 0.398 e. The van der Waals surface area contributed by atoms with Gasteiger partial charge in [0.05, 0.1) is 0 Å². The molecule has 0 bridgehead atoms. The van der Waals surface area contributed by atoms with E-state index in [0.717, 1.165) is 10.0 Å². The van der Waals surface area contributed by atoms with Crippen LogP contribution in [0.4, 0.5) is 5.69 Å². The second-order valence-electron chi connectivity index (χ2n) is 4.13. The standard InChI is InChI=1S/C13H18BrN3O2/c1-3-16-12(18)4-5-17-13(19)10-6-9(14)7-11(15)8(10)2/h6-7H,3-5,15H2,1-2H3,(H,16,18)(H,17,19). The first kappa shape index (κ1) is 15.5. The molecule has 0 atom stereocenters. The zero-order valence-corrected chi connectivity index (χ0v) is 12.6. The Morgan fingerprint density at radius 1 is 1.32 bits per heavy atom. The predicted molar refractivity (Wildman–Crippen MR) is 78.9 cm³/mol. The summed E-state index contributed by atoms with van der Waals surface area (Å²) in [6, 6.07) is 3.47. The van der Waals surface area contributed by atoms with Gasteiger partial charge in [0.15, 0.2) is 0 Å². The summed E-state index contributed by atoms with van der Waals surface area (Å²) in [4.78, 5) is 23.2. The molecule has 0 spiro atoms. The molecule has 0 heterocycles. The molecule has 4 N–H and O–H groups in total. The molecule has 1 aromatic carbocycles. The number of nitrogens with two attached hydrogens (primary N) is 1. The van der Waals surface area contributed by atoms with Gasteiger partial charge in [-0.2, -0.15) is 0 Å². The highest BCUT2D eigenvalue weighted by molar-refractivity contribution is 9.10. The van der Waals surface area contributed by atoms with Crippen LogP contribution in [0.3, 0.4) is 0 Å². The summed E-state index contributed by atoms with van der Waals surface area (Å²) < 4.78 is 0.754. The lowest BCUT2D eigenvalue weighted by atomic mass is 10.1. The van der Waals surface area contributed by atoms with Crippen LogP contribution in [0.1, 0.15) is 29.3 Å². The summed E-state index contributed by atoms with van der Waals surface area (Å²) in [7, 11) is 0. The van der Waals surface area contributed by atoms with Gasteiger partial charge in [-0.3, -0.25) is 9.59 Å². The molecule has 0 aliphatic carbocycles. The molecular weight excluding hydrogens is 310 g/mol. The molecule has 0 unspecified atom stereocenters. The van der Waals surface area contributed by atoms with Crippen molar-refractivity contribution in [1.82, 2.24) is 10.6 Å². The van der Waals surface area contributed by atoms with Gasteiger partial charge >= 0.3 is 0 Å². The number of nitrogens with one attached hydrogen (secondary N) is 2. The maximum absolute atomic E-state index is 12.0. The van der Waals surface area contributed by atoms with Crippen molar-refractivity contribution < 1.29 is 9.59 Å². The molecular formula is C13H18BrN3O2. The lowest BCUT2D eigenvalue weighted by Crippen LogP contribution is -2.31. The third-order valence-electron chi connectivity index (χ3n) is 2.67. The van der Waals surface area contributed by atoms with E-state index in [1.807, 2.05) is 6.92 Å². The number of rotatable bonds is 5. The van der Waals surface area contributed by atoms with E-state index in [1.54, 1.807) is 19.1 Å². The first-order valence-electron chi connectivity index (χ1n) is 6.06. The Bertz CT molecular complexity index is 489. The number of benzene rings is 1. The molecule has 19 heavy (non-hydrogen) atoms. The third-order valence-corrected chi connectivity index (χ3v) is 3.13. The van der Waals surface area contributed by atoms with Crippen molar-refractivity contribution in [3.63, 3.8) is 0 Å². The fraction of sp³-hybridized carbons (Fsp3) is 0.385. The minimum atomic E-state index is -0.227. The summed E-state index contributed by atoms with van der Waals surface area (Å²) in [5, 5.41) is 5.38. The highest BCUT2D eigenvalue weighted by Crippen LogP contribution is 2.22. The van der Waals surface area contributed by atoms with Crippen LogP contribution in [-0.4, -0.2) is 24.9 Å². The zero-order chi connectivity index (χ0) is 14.4. The van der Waals surface area contributed by atoms with Crippen molar-refractivity contribution in [2.75, 3.05) is 18.8 Å². The average Bonchev–Trinajstić information content (AvgIpc) is 2.33. The number of carbonyl (C=O) groups excluding carboxylic acids is 2. The Morgan fingerprint density at radius 3 is 2.63 bits per heavy atom. The Hall–Kier alpha value is -1.56. The highest BCUT2D eigenvalue weighted by Gasteiger charge is 2.12. The molecule has 0 saturated heterocycles. The van der Waals surface area contributed by atoms with E-state index in [-0.39, 0.29) is 18.2 Å². The minimum Gasteiger partial charge on any atom is -0.398 e. The molecule has 0 aliphatic rings.